The van der Waals surface area contributed by atoms with Gasteiger partial charge in [0.1, 0.15) is 6.04 Å². The standard InChI is InChI=1S/C26H32F6N6O5/c27-25(28,29)42-20-9-7-17(14-21(20)43-26(30,31)32)36-24(41)19(8-6-16-4-2-1-3-5-16)37-23(40)18(35)15-22(39)38(12-10-33)13-11-34/h1-5,7,9,14,18-19H,6,8,10-13,15,33-35H2,(H,36,41)(H,37,40). The number of hydrogen-bond acceptors (Lipinski definition) is 8. The van der Waals surface area contributed by atoms with Crippen molar-refractivity contribution in [3.8, 4) is 11.5 Å². The molecule has 0 aliphatic carbocycles. The van der Waals surface area contributed by atoms with Gasteiger partial charge in [0.05, 0.1) is 12.5 Å². The molecular formula is C26H32F6N6O5. The van der Waals surface area contributed by atoms with Crippen LogP contribution < -0.4 is 37.3 Å². The number of nitrogens with one attached hydrogen (secondary N) is 2. The number of nitrogens with two attached hydrogens (primary N) is 3. The van der Waals surface area contributed by atoms with E-state index in [0.29, 0.717) is 12.1 Å². The van der Waals surface area contributed by atoms with E-state index in [4.69, 9.17) is 17.2 Å². The van der Waals surface area contributed by atoms with Crippen molar-refractivity contribution in [2.24, 2.45) is 17.2 Å². The smallest absolute Gasteiger partial charge is 0.402 e. The maximum atomic E-state index is 13.2. The van der Waals surface area contributed by atoms with Gasteiger partial charge in [-0.15, -0.1) is 26.3 Å². The minimum absolute atomic E-state index is 0.0180. The van der Waals surface area contributed by atoms with E-state index in [1.165, 1.54) is 4.90 Å². The van der Waals surface area contributed by atoms with Crippen LogP contribution in [0.15, 0.2) is 48.5 Å². The quantitative estimate of drug-likeness (QED) is 0.188. The number of anilines is 1. The highest BCUT2D eigenvalue weighted by molar-refractivity contribution is 5.98. The van der Waals surface area contributed by atoms with E-state index < -0.39 is 66.1 Å². The number of amides is 3. The molecule has 3 amide bonds. The normalized spacial score (nSPS) is 13.0. The Morgan fingerprint density at radius 3 is 1.98 bits per heavy atom. The number of alkyl halides is 6. The number of hydrogen-bond donors (Lipinski definition) is 5. The highest BCUT2D eigenvalue weighted by Gasteiger charge is 2.37. The average Bonchev–Trinajstić information content (AvgIpc) is 2.91. The van der Waals surface area contributed by atoms with Crippen molar-refractivity contribution < 1.29 is 50.2 Å². The fourth-order valence-electron chi connectivity index (χ4n) is 3.81. The van der Waals surface area contributed by atoms with Gasteiger partial charge in [0.15, 0.2) is 11.5 Å². The van der Waals surface area contributed by atoms with Gasteiger partial charge in [-0.3, -0.25) is 14.4 Å². The first-order valence-corrected chi connectivity index (χ1v) is 12.9. The van der Waals surface area contributed by atoms with Crippen LogP contribution in [0.25, 0.3) is 0 Å². The predicted octanol–water partition coefficient (Wildman–Crippen LogP) is 2.00. The van der Waals surface area contributed by atoms with Crippen LogP contribution in [0, 0.1) is 0 Å². The molecular weight excluding hydrogens is 590 g/mol. The summed E-state index contributed by atoms with van der Waals surface area (Å²) in [6.07, 6.45) is -10.9. The van der Waals surface area contributed by atoms with Crippen LogP contribution in [0.1, 0.15) is 18.4 Å². The molecule has 8 N–H and O–H groups in total. The van der Waals surface area contributed by atoms with Crippen molar-refractivity contribution in [3.63, 3.8) is 0 Å². The number of carbonyl (C=O) groups excluding carboxylic acids is 3. The number of nitrogens with zero attached hydrogens (tertiary/aromatic N) is 1. The number of halogens is 6. The monoisotopic (exact) mass is 622 g/mol. The molecule has 0 heterocycles. The summed E-state index contributed by atoms with van der Waals surface area (Å²) < 4.78 is 83.7. The molecule has 0 aliphatic rings. The molecule has 2 atom stereocenters. The molecule has 0 bridgehead atoms. The van der Waals surface area contributed by atoms with E-state index in [1.807, 2.05) is 0 Å². The topological polar surface area (TPSA) is 175 Å². The molecule has 0 aromatic heterocycles. The third kappa shape index (κ3) is 12.8. The van der Waals surface area contributed by atoms with Gasteiger partial charge in [-0.05, 0) is 30.5 Å². The Morgan fingerprint density at radius 2 is 1.42 bits per heavy atom. The van der Waals surface area contributed by atoms with E-state index in [2.05, 4.69) is 20.1 Å². The van der Waals surface area contributed by atoms with E-state index >= 15 is 0 Å². The van der Waals surface area contributed by atoms with Crippen molar-refractivity contribution in [2.45, 2.75) is 44.1 Å². The molecule has 0 aliphatic heterocycles. The molecule has 2 aromatic rings. The fraction of sp³-hybridized carbons (Fsp3) is 0.423. The zero-order chi connectivity index (χ0) is 32.2. The largest absolute Gasteiger partial charge is 0.573 e. The van der Waals surface area contributed by atoms with Crippen LogP contribution in [0.2, 0.25) is 0 Å². The average molecular weight is 623 g/mol. The molecule has 0 radical (unpaired) electrons. The zero-order valence-electron chi connectivity index (χ0n) is 22.7. The lowest BCUT2D eigenvalue weighted by atomic mass is 10.0. The van der Waals surface area contributed by atoms with Gasteiger partial charge >= 0.3 is 12.7 Å². The van der Waals surface area contributed by atoms with Gasteiger partial charge in [-0.25, -0.2) is 0 Å². The van der Waals surface area contributed by atoms with Crippen LogP contribution in [0.3, 0.4) is 0 Å². The lowest BCUT2D eigenvalue weighted by molar-refractivity contribution is -0.287. The number of rotatable bonds is 15. The minimum Gasteiger partial charge on any atom is -0.402 e. The van der Waals surface area contributed by atoms with Gasteiger partial charge in [-0.1, -0.05) is 30.3 Å². The van der Waals surface area contributed by atoms with Crippen molar-refractivity contribution in [3.05, 3.63) is 54.1 Å². The molecule has 17 heteroatoms. The molecule has 0 spiro atoms. The summed E-state index contributed by atoms with van der Waals surface area (Å²) in [6, 6.07) is 7.91. The van der Waals surface area contributed by atoms with E-state index in [1.54, 1.807) is 30.3 Å². The number of benzene rings is 2. The third-order valence-corrected chi connectivity index (χ3v) is 5.74. The Hall–Kier alpha value is -4.09. The van der Waals surface area contributed by atoms with Gasteiger partial charge in [0.25, 0.3) is 0 Å². The minimum atomic E-state index is -5.38. The van der Waals surface area contributed by atoms with E-state index in [0.717, 1.165) is 11.6 Å². The van der Waals surface area contributed by atoms with Gasteiger partial charge in [0, 0.05) is 37.9 Å². The molecule has 238 valence electrons. The number of aryl methyl sites for hydroxylation is 1. The second kappa shape index (κ2) is 15.9. The van der Waals surface area contributed by atoms with Crippen LogP contribution in [0.4, 0.5) is 32.0 Å². The molecule has 2 aromatic carbocycles. The highest BCUT2D eigenvalue weighted by atomic mass is 19.4. The van der Waals surface area contributed by atoms with Crippen LogP contribution in [0.5, 0.6) is 11.5 Å². The Labute approximate surface area is 242 Å². The highest BCUT2D eigenvalue weighted by Crippen LogP contribution is 2.37. The first-order valence-electron chi connectivity index (χ1n) is 12.9. The lowest BCUT2D eigenvalue weighted by Gasteiger charge is -2.24. The van der Waals surface area contributed by atoms with Gasteiger partial charge < -0.3 is 42.2 Å². The van der Waals surface area contributed by atoms with Crippen LogP contribution >= 0.6 is 0 Å². The summed E-state index contributed by atoms with van der Waals surface area (Å²) in [5, 5.41) is 4.68. The predicted molar refractivity (Wildman–Crippen MR) is 142 cm³/mol. The molecule has 0 saturated heterocycles. The van der Waals surface area contributed by atoms with Gasteiger partial charge in [0.2, 0.25) is 17.7 Å². The Balaban J connectivity index is 2.25. The summed E-state index contributed by atoms with van der Waals surface area (Å²) in [7, 11) is 0. The summed E-state index contributed by atoms with van der Waals surface area (Å²) in [5.74, 6) is -4.98. The maximum absolute atomic E-state index is 13.2. The lowest BCUT2D eigenvalue weighted by Crippen LogP contribution is -2.52. The van der Waals surface area contributed by atoms with Crippen LogP contribution in [-0.4, -0.2) is 73.6 Å². The molecule has 0 saturated carbocycles. The molecule has 2 rings (SSSR count). The molecule has 11 nitrogen and oxygen atoms in total. The van der Waals surface area contributed by atoms with Gasteiger partial charge in [-0.2, -0.15) is 0 Å². The molecule has 43 heavy (non-hydrogen) atoms. The van der Waals surface area contributed by atoms with Crippen molar-refractivity contribution >= 4 is 23.4 Å². The Kier molecular flexibility index (Phi) is 13.0. The first-order chi connectivity index (χ1) is 20.1. The van der Waals surface area contributed by atoms with Crippen molar-refractivity contribution in [1.82, 2.24) is 10.2 Å². The zero-order valence-corrected chi connectivity index (χ0v) is 22.7. The third-order valence-electron chi connectivity index (χ3n) is 5.74. The summed E-state index contributed by atoms with van der Waals surface area (Å²) in [5.41, 5.74) is 17.3. The summed E-state index contributed by atoms with van der Waals surface area (Å²) in [4.78, 5) is 39.9. The second-order valence-corrected chi connectivity index (χ2v) is 9.10. The summed E-state index contributed by atoms with van der Waals surface area (Å²) >= 11 is 0. The van der Waals surface area contributed by atoms with Crippen molar-refractivity contribution in [2.75, 3.05) is 31.5 Å². The van der Waals surface area contributed by atoms with E-state index in [-0.39, 0.29) is 39.0 Å². The molecule has 0 fully saturated rings. The number of ether oxygens (including phenoxy) is 2. The Morgan fingerprint density at radius 1 is 0.837 bits per heavy atom. The first kappa shape index (κ1) is 35.1. The summed E-state index contributed by atoms with van der Waals surface area (Å²) in [6.45, 7) is 0.653. The van der Waals surface area contributed by atoms with Crippen molar-refractivity contribution in [1.29, 1.82) is 0 Å². The maximum Gasteiger partial charge on any atom is 0.573 e. The fourth-order valence-corrected chi connectivity index (χ4v) is 3.81. The van der Waals surface area contributed by atoms with E-state index in [9.17, 15) is 40.7 Å². The SMILES string of the molecule is NCCN(CCN)C(=O)CC(N)C(=O)NC(CCc1ccccc1)C(=O)Nc1ccc(OC(F)(F)F)c(OC(F)(F)F)c1. The number of carbonyl (C=O) groups is 3. The Bertz CT molecular complexity index is 1210. The van der Waals surface area contributed by atoms with Crippen LogP contribution in [-0.2, 0) is 20.8 Å². The second-order valence-electron chi connectivity index (χ2n) is 9.10. The molecule has 2 unspecified atom stereocenters.